The summed E-state index contributed by atoms with van der Waals surface area (Å²) in [5.74, 6) is 2.37. The second-order valence-corrected chi connectivity index (χ2v) is 7.27. The summed E-state index contributed by atoms with van der Waals surface area (Å²) in [6.07, 6.45) is 5.19. The van der Waals surface area contributed by atoms with Crippen molar-refractivity contribution in [3.05, 3.63) is 47.0 Å². The monoisotopic (exact) mass is 382 g/mol. The first-order valence-electron chi connectivity index (χ1n) is 9.74. The Morgan fingerprint density at radius 1 is 1.32 bits per heavy atom. The Bertz CT molecular complexity index is 865. The van der Waals surface area contributed by atoms with Crippen LogP contribution in [0.2, 0.25) is 0 Å². The lowest BCUT2D eigenvalue weighted by Crippen LogP contribution is -2.37. The summed E-state index contributed by atoms with van der Waals surface area (Å²) in [6.45, 7) is 2.26. The fourth-order valence-electron chi connectivity index (χ4n) is 3.91. The van der Waals surface area contributed by atoms with E-state index in [1.54, 1.807) is 14.2 Å². The predicted molar refractivity (Wildman–Crippen MR) is 104 cm³/mol. The lowest BCUT2D eigenvalue weighted by Gasteiger charge is -2.29. The summed E-state index contributed by atoms with van der Waals surface area (Å²) in [5.41, 5.74) is 2.94. The average Bonchev–Trinajstić information content (AvgIpc) is 3.27. The number of rotatable bonds is 5. The van der Waals surface area contributed by atoms with Crippen molar-refractivity contribution in [1.29, 1.82) is 0 Å². The third kappa shape index (κ3) is 3.80. The van der Waals surface area contributed by atoms with Gasteiger partial charge in [0.15, 0.2) is 0 Å². The van der Waals surface area contributed by atoms with E-state index in [0.29, 0.717) is 24.6 Å². The molecule has 7 nitrogen and oxygen atoms in total. The number of methoxy groups -OCH3 is 2. The van der Waals surface area contributed by atoms with Crippen LogP contribution in [0, 0.1) is 0 Å². The van der Waals surface area contributed by atoms with Gasteiger partial charge in [0.25, 0.3) is 0 Å². The largest absolute Gasteiger partial charge is 0.497 e. The van der Waals surface area contributed by atoms with Gasteiger partial charge >= 0.3 is 0 Å². The molecule has 2 aromatic rings. The van der Waals surface area contributed by atoms with Crippen LogP contribution in [0.1, 0.15) is 41.5 Å². The van der Waals surface area contributed by atoms with Crippen LogP contribution in [-0.2, 0) is 24.2 Å². The quantitative estimate of drug-likeness (QED) is 0.853. The van der Waals surface area contributed by atoms with E-state index in [-0.39, 0.29) is 18.4 Å². The maximum absolute atomic E-state index is 12.9. The number of hydrogen-bond acceptors (Lipinski definition) is 6. The highest BCUT2D eigenvalue weighted by atomic mass is 16.5. The Morgan fingerprint density at radius 2 is 2.21 bits per heavy atom. The molecule has 1 fully saturated rings. The van der Waals surface area contributed by atoms with Gasteiger partial charge in [-0.15, -0.1) is 0 Å². The molecule has 0 spiro atoms. The van der Waals surface area contributed by atoms with Gasteiger partial charge in [-0.05, 0) is 37.6 Å². The van der Waals surface area contributed by atoms with Crippen molar-refractivity contribution in [2.75, 3.05) is 27.3 Å². The number of fused-ring (bicyclic) bond motifs is 1. The van der Waals surface area contributed by atoms with Crippen LogP contribution in [0.4, 0.5) is 0 Å². The van der Waals surface area contributed by atoms with Crippen LogP contribution < -0.4 is 14.8 Å². The van der Waals surface area contributed by atoms with Gasteiger partial charge in [-0.1, -0.05) is 0 Å². The third-order valence-corrected chi connectivity index (χ3v) is 5.51. The Kier molecular flexibility index (Phi) is 5.43. The Labute approximate surface area is 165 Å². The Balaban J connectivity index is 1.46. The molecular formula is C21H26N4O3. The molecule has 1 amide bonds. The molecule has 4 rings (SSSR count). The van der Waals surface area contributed by atoms with Gasteiger partial charge in [-0.25, -0.2) is 9.97 Å². The van der Waals surface area contributed by atoms with Crippen LogP contribution in [0.25, 0.3) is 0 Å². The summed E-state index contributed by atoms with van der Waals surface area (Å²) in [6, 6.07) is 5.79. The average molecular weight is 382 g/mol. The lowest BCUT2D eigenvalue weighted by atomic mass is 10.0. The summed E-state index contributed by atoms with van der Waals surface area (Å²) in [4.78, 5) is 24.1. The molecule has 28 heavy (non-hydrogen) atoms. The van der Waals surface area contributed by atoms with E-state index in [1.165, 1.54) is 6.42 Å². The molecular weight excluding hydrogens is 356 g/mol. The molecule has 0 saturated carbocycles. The number of carbonyl (C=O) groups is 1. The first kappa shape index (κ1) is 18.7. The van der Waals surface area contributed by atoms with Crippen molar-refractivity contribution in [2.24, 2.45) is 0 Å². The minimum Gasteiger partial charge on any atom is -0.497 e. The number of nitrogens with zero attached hydrogens (tertiary/aromatic N) is 3. The van der Waals surface area contributed by atoms with Crippen molar-refractivity contribution in [3.63, 3.8) is 0 Å². The second kappa shape index (κ2) is 8.14. The SMILES string of the molecule is COc1ccc(OC)c(CC(=O)N2CCc3nc(C4CCCN4)ncc3C2)c1. The van der Waals surface area contributed by atoms with E-state index in [2.05, 4.69) is 10.3 Å². The van der Waals surface area contributed by atoms with Gasteiger partial charge in [-0.2, -0.15) is 0 Å². The number of amides is 1. The Morgan fingerprint density at radius 3 is 2.96 bits per heavy atom. The van der Waals surface area contributed by atoms with Gasteiger partial charge in [0.2, 0.25) is 5.91 Å². The van der Waals surface area contributed by atoms with Gasteiger partial charge in [0.1, 0.15) is 17.3 Å². The van der Waals surface area contributed by atoms with Crippen LogP contribution >= 0.6 is 0 Å². The molecule has 0 aliphatic carbocycles. The van der Waals surface area contributed by atoms with Gasteiger partial charge in [0, 0.05) is 36.8 Å². The van der Waals surface area contributed by atoms with E-state index in [9.17, 15) is 4.79 Å². The lowest BCUT2D eigenvalue weighted by molar-refractivity contribution is -0.131. The van der Waals surface area contributed by atoms with Crippen LogP contribution in [0.3, 0.4) is 0 Å². The van der Waals surface area contributed by atoms with Crippen molar-refractivity contribution in [3.8, 4) is 11.5 Å². The third-order valence-electron chi connectivity index (χ3n) is 5.51. The maximum Gasteiger partial charge on any atom is 0.227 e. The minimum atomic E-state index is 0.0683. The van der Waals surface area contributed by atoms with E-state index >= 15 is 0 Å². The first-order chi connectivity index (χ1) is 13.7. The topological polar surface area (TPSA) is 76.6 Å². The molecule has 1 aromatic carbocycles. The Hall–Kier alpha value is -2.67. The van der Waals surface area contributed by atoms with Crippen LogP contribution in [-0.4, -0.2) is 48.1 Å². The molecule has 1 aromatic heterocycles. The van der Waals surface area contributed by atoms with Crippen molar-refractivity contribution < 1.29 is 14.3 Å². The zero-order valence-corrected chi connectivity index (χ0v) is 16.4. The van der Waals surface area contributed by atoms with Gasteiger partial charge in [0.05, 0.1) is 32.4 Å². The molecule has 2 aliphatic rings. The summed E-state index contributed by atoms with van der Waals surface area (Å²) in [5, 5.41) is 3.44. The fraction of sp³-hybridized carbons (Fsp3) is 0.476. The molecule has 1 saturated heterocycles. The number of ether oxygens (including phenoxy) is 2. The number of nitrogens with one attached hydrogen (secondary N) is 1. The van der Waals surface area contributed by atoms with Gasteiger partial charge in [-0.3, -0.25) is 4.79 Å². The highest BCUT2D eigenvalue weighted by Gasteiger charge is 2.25. The first-order valence-corrected chi connectivity index (χ1v) is 9.74. The van der Waals surface area contributed by atoms with Crippen molar-refractivity contribution >= 4 is 5.91 Å². The van der Waals surface area contributed by atoms with Crippen molar-refractivity contribution in [2.45, 2.75) is 38.3 Å². The molecule has 7 heteroatoms. The molecule has 1 N–H and O–H groups in total. The molecule has 0 bridgehead atoms. The summed E-state index contributed by atoms with van der Waals surface area (Å²) < 4.78 is 10.7. The van der Waals surface area contributed by atoms with E-state index in [4.69, 9.17) is 14.5 Å². The standard InChI is InChI=1S/C21H26N4O3/c1-27-16-5-6-19(28-2)14(10-16)11-20(26)25-9-7-17-15(13-25)12-23-21(24-17)18-4-3-8-22-18/h5-6,10,12,18,22H,3-4,7-9,11,13H2,1-2H3. The number of benzene rings is 1. The molecule has 2 aliphatic heterocycles. The number of aromatic nitrogens is 2. The highest BCUT2D eigenvalue weighted by molar-refractivity contribution is 5.80. The highest BCUT2D eigenvalue weighted by Crippen LogP contribution is 2.26. The smallest absolute Gasteiger partial charge is 0.227 e. The zero-order chi connectivity index (χ0) is 19.5. The predicted octanol–water partition coefficient (Wildman–Crippen LogP) is 2.05. The zero-order valence-electron chi connectivity index (χ0n) is 16.4. The fourth-order valence-corrected chi connectivity index (χ4v) is 3.91. The van der Waals surface area contributed by atoms with Gasteiger partial charge < -0.3 is 19.7 Å². The van der Waals surface area contributed by atoms with Crippen molar-refractivity contribution in [1.82, 2.24) is 20.2 Å². The second-order valence-electron chi connectivity index (χ2n) is 7.27. The molecule has 3 heterocycles. The molecule has 0 radical (unpaired) electrons. The van der Waals surface area contributed by atoms with E-state index < -0.39 is 0 Å². The maximum atomic E-state index is 12.9. The van der Waals surface area contributed by atoms with Crippen LogP contribution in [0.5, 0.6) is 11.5 Å². The molecule has 148 valence electrons. The van der Waals surface area contributed by atoms with Crippen LogP contribution in [0.15, 0.2) is 24.4 Å². The molecule has 1 unspecified atom stereocenters. The summed E-state index contributed by atoms with van der Waals surface area (Å²) >= 11 is 0. The normalized spacial score (nSPS) is 18.6. The number of hydrogen-bond donors (Lipinski definition) is 1. The van der Waals surface area contributed by atoms with E-state index in [1.807, 2.05) is 29.3 Å². The minimum absolute atomic E-state index is 0.0683. The summed E-state index contributed by atoms with van der Waals surface area (Å²) in [7, 11) is 3.23. The number of carbonyl (C=O) groups excluding carboxylic acids is 1. The van der Waals surface area contributed by atoms with E-state index in [0.717, 1.165) is 42.0 Å². The molecule has 1 atom stereocenters.